The molecule has 0 unspecified atom stereocenters. The van der Waals surface area contributed by atoms with Gasteiger partial charge in [0.15, 0.2) is 5.60 Å². The Labute approximate surface area is 109 Å². The molecule has 2 heterocycles. The maximum absolute atomic E-state index is 11.2. The highest BCUT2D eigenvalue weighted by molar-refractivity contribution is 7.88. The molecule has 0 aliphatic carbocycles. The Morgan fingerprint density at radius 1 is 1.44 bits per heavy atom. The second-order valence-corrected chi connectivity index (χ2v) is 6.69. The molecule has 7 heteroatoms. The van der Waals surface area contributed by atoms with E-state index in [2.05, 4.69) is 4.72 Å². The number of thiophene rings is 1. The number of hydrogen-bond acceptors (Lipinski definition) is 5. The lowest BCUT2D eigenvalue weighted by atomic mass is 9.99. The number of aliphatic hydroxyl groups is 1. The Morgan fingerprint density at radius 3 is 2.72 bits per heavy atom. The highest BCUT2D eigenvalue weighted by Crippen LogP contribution is 2.32. The number of furan rings is 1. The van der Waals surface area contributed by atoms with Gasteiger partial charge in [0, 0.05) is 4.88 Å². The lowest BCUT2D eigenvalue weighted by Gasteiger charge is -2.24. The fourth-order valence-electron chi connectivity index (χ4n) is 1.56. The van der Waals surface area contributed by atoms with Gasteiger partial charge in [-0.15, -0.1) is 11.3 Å². The van der Waals surface area contributed by atoms with E-state index in [4.69, 9.17) is 4.42 Å². The van der Waals surface area contributed by atoms with Gasteiger partial charge in [-0.2, -0.15) is 0 Å². The van der Waals surface area contributed by atoms with Crippen LogP contribution in [0.1, 0.15) is 10.6 Å². The summed E-state index contributed by atoms with van der Waals surface area (Å²) in [6.45, 7) is -0.167. The normalized spacial score (nSPS) is 15.4. The zero-order valence-electron chi connectivity index (χ0n) is 9.66. The molecule has 0 aromatic carbocycles. The summed E-state index contributed by atoms with van der Waals surface area (Å²) >= 11 is 1.33. The molecular weight excluding hydrogens is 274 g/mol. The predicted octanol–water partition coefficient (Wildman–Crippen LogP) is 1.13. The largest absolute Gasteiger partial charge is 0.466 e. The maximum Gasteiger partial charge on any atom is 0.208 e. The Bertz CT molecular complexity index is 553. The molecule has 0 saturated heterocycles. The summed E-state index contributed by atoms with van der Waals surface area (Å²) in [5.41, 5.74) is -1.49. The molecule has 18 heavy (non-hydrogen) atoms. The minimum atomic E-state index is -3.39. The average Bonchev–Trinajstić information content (AvgIpc) is 2.97. The van der Waals surface area contributed by atoms with Crippen LogP contribution in [0.25, 0.3) is 0 Å². The van der Waals surface area contributed by atoms with E-state index in [0.717, 1.165) is 6.26 Å². The summed E-state index contributed by atoms with van der Waals surface area (Å²) in [6.07, 6.45) is 2.48. The van der Waals surface area contributed by atoms with Crippen molar-refractivity contribution in [3.05, 3.63) is 46.5 Å². The highest BCUT2D eigenvalue weighted by Gasteiger charge is 2.36. The van der Waals surface area contributed by atoms with Crippen molar-refractivity contribution in [3.8, 4) is 0 Å². The second-order valence-electron chi connectivity index (χ2n) is 3.91. The van der Waals surface area contributed by atoms with E-state index in [-0.39, 0.29) is 6.54 Å². The first-order valence-electron chi connectivity index (χ1n) is 5.17. The van der Waals surface area contributed by atoms with Gasteiger partial charge in [0.05, 0.1) is 19.1 Å². The summed E-state index contributed by atoms with van der Waals surface area (Å²) in [5.74, 6) is 0.307. The highest BCUT2D eigenvalue weighted by atomic mass is 32.2. The third kappa shape index (κ3) is 2.81. The number of sulfonamides is 1. The van der Waals surface area contributed by atoms with Crippen LogP contribution in [0.5, 0.6) is 0 Å². The fraction of sp³-hybridized carbons (Fsp3) is 0.273. The third-order valence-corrected chi connectivity index (χ3v) is 4.14. The topological polar surface area (TPSA) is 79.5 Å². The van der Waals surface area contributed by atoms with Crippen molar-refractivity contribution in [1.82, 2.24) is 4.72 Å². The molecule has 2 aromatic rings. The summed E-state index contributed by atoms with van der Waals surface area (Å²) in [6, 6.07) is 6.78. The lowest BCUT2D eigenvalue weighted by molar-refractivity contribution is 0.0655. The van der Waals surface area contributed by atoms with Gasteiger partial charge >= 0.3 is 0 Å². The third-order valence-electron chi connectivity index (χ3n) is 2.45. The molecule has 2 N–H and O–H groups in total. The molecule has 0 aliphatic heterocycles. The van der Waals surface area contributed by atoms with Gasteiger partial charge in [-0.25, -0.2) is 13.1 Å². The molecule has 0 saturated carbocycles. The van der Waals surface area contributed by atoms with E-state index < -0.39 is 15.6 Å². The van der Waals surface area contributed by atoms with Gasteiger partial charge in [-0.3, -0.25) is 0 Å². The predicted molar refractivity (Wildman–Crippen MR) is 68.9 cm³/mol. The number of nitrogens with one attached hydrogen (secondary N) is 1. The van der Waals surface area contributed by atoms with Gasteiger partial charge in [-0.05, 0) is 23.6 Å². The summed E-state index contributed by atoms with van der Waals surface area (Å²) in [5, 5.41) is 12.5. The number of hydrogen-bond donors (Lipinski definition) is 2. The fourth-order valence-corrected chi connectivity index (χ4v) is 2.86. The van der Waals surface area contributed by atoms with Gasteiger partial charge < -0.3 is 9.52 Å². The lowest BCUT2D eigenvalue weighted by Crippen LogP contribution is -2.40. The van der Waals surface area contributed by atoms with Gasteiger partial charge in [0.25, 0.3) is 0 Å². The summed E-state index contributed by atoms with van der Waals surface area (Å²) < 4.78 is 29.9. The van der Waals surface area contributed by atoms with Crippen molar-refractivity contribution < 1.29 is 17.9 Å². The van der Waals surface area contributed by atoms with Crippen molar-refractivity contribution in [1.29, 1.82) is 0 Å². The van der Waals surface area contributed by atoms with E-state index >= 15 is 0 Å². The first kappa shape index (κ1) is 13.3. The van der Waals surface area contributed by atoms with Crippen LogP contribution in [-0.2, 0) is 15.6 Å². The Morgan fingerprint density at radius 2 is 2.22 bits per heavy atom. The molecule has 1 atom stereocenters. The number of rotatable bonds is 5. The molecule has 0 bridgehead atoms. The minimum Gasteiger partial charge on any atom is -0.466 e. The molecule has 98 valence electrons. The van der Waals surface area contributed by atoms with E-state index in [9.17, 15) is 13.5 Å². The van der Waals surface area contributed by atoms with Crippen LogP contribution in [0, 0.1) is 0 Å². The van der Waals surface area contributed by atoms with Gasteiger partial charge in [0.2, 0.25) is 10.0 Å². The molecule has 2 rings (SSSR count). The zero-order valence-corrected chi connectivity index (χ0v) is 11.3. The molecule has 0 spiro atoms. The van der Waals surface area contributed by atoms with Crippen molar-refractivity contribution in [2.75, 3.05) is 12.8 Å². The van der Waals surface area contributed by atoms with Crippen LogP contribution in [-0.4, -0.2) is 26.3 Å². The SMILES string of the molecule is CS(=O)(=O)NC[C@@](O)(c1ccco1)c1cccs1. The van der Waals surface area contributed by atoms with Crippen LogP contribution < -0.4 is 4.72 Å². The van der Waals surface area contributed by atoms with Crippen molar-refractivity contribution in [2.24, 2.45) is 0 Å². The molecule has 0 radical (unpaired) electrons. The second kappa shape index (κ2) is 4.85. The summed E-state index contributed by atoms with van der Waals surface area (Å²) in [4.78, 5) is 0.619. The van der Waals surface area contributed by atoms with Crippen LogP contribution in [0.2, 0.25) is 0 Å². The van der Waals surface area contributed by atoms with E-state index in [1.165, 1.54) is 17.6 Å². The minimum absolute atomic E-state index is 0.167. The Balaban J connectivity index is 2.35. The molecule has 0 amide bonds. The Kier molecular flexibility index (Phi) is 3.58. The molecule has 5 nitrogen and oxygen atoms in total. The van der Waals surface area contributed by atoms with Gasteiger partial charge in [0.1, 0.15) is 5.76 Å². The van der Waals surface area contributed by atoms with Crippen molar-refractivity contribution in [2.45, 2.75) is 5.60 Å². The zero-order chi connectivity index (χ0) is 13.2. The Hall–Kier alpha value is -1.15. The average molecular weight is 287 g/mol. The first-order valence-corrected chi connectivity index (χ1v) is 7.94. The molecular formula is C11H13NO4S2. The van der Waals surface area contributed by atoms with E-state index in [0.29, 0.717) is 10.6 Å². The standard InChI is InChI=1S/C11H13NO4S2/c1-18(14,15)12-8-11(13,9-4-2-6-16-9)10-5-3-7-17-10/h2-7,12-13H,8H2,1H3/t11-/m1/s1. The van der Waals surface area contributed by atoms with Crippen molar-refractivity contribution in [3.63, 3.8) is 0 Å². The van der Waals surface area contributed by atoms with E-state index in [1.54, 1.807) is 24.3 Å². The van der Waals surface area contributed by atoms with Crippen LogP contribution >= 0.6 is 11.3 Å². The van der Waals surface area contributed by atoms with Crippen LogP contribution in [0.3, 0.4) is 0 Å². The van der Waals surface area contributed by atoms with Crippen LogP contribution in [0.15, 0.2) is 40.3 Å². The van der Waals surface area contributed by atoms with E-state index in [1.807, 2.05) is 5.38 Å². The first-order chi connectivity index (χ1) is 8.42. The molecule has 2 aromatic heterocycles. The van der Waals surface area contributed by atoms with Crippen LogP contribution in [0.4, 0.5) is 0 Å². The van der Waals surface area contributed by atoms with Crippen molar-refractivity contribution >= 4 is 21.4 Å². The summed E-state index contributed by atoms with van der Waals surface area (Å²) in [7, 11) is -3.39. The quantitative estimate of drug-likeness (QED) is 0.864. The molecule has 0 aliphatic rings. The van der Waals surface area contributed by atoms with Gasteiger partial charge in [-0.1, -0.05) is 6.07 Å². The molecule has 0 fully saturated rings. The smallest absolute Gasteiger partial charge is 0.208 e. The maximum atomic E-state index is 11.2. The monoisotopic (exact) mass is 287 g/mol.